The molecule has 1 heterocycles. The van der Waals surface area contributed by atoms with Crippen LogP contribution in [0.3, 0.4) is 0 Å². The van der Waals surface area contributed by atoms with E-state index in [1.54, 1.807) is 24.3 Å². The zero-order valence-electron chi connectivity index (χ0n) is 11.1. The van der Waals surface area contributed by atoms with Crippen molar-refractivity contribution in [1.82, 2.24) is 4.98 Å². The highest BCUT2D eigenvalue weighted by Crippen LogP contribution is 2.28. The predicted octanol–water partition coefficient (Wildman–Crippen LogP) is 1.64. The Balaban J connectivity index is 2.39. The van der Waals surface area contributed by atoms with Crippen molar-refractivity contribution in [2.75, 3.05) is 19.5 Å². The van der Waals surface area contributed by atoms with Crippen molar-refractivity contribution in [3.05, 3.63) is 52.4 Å². The van der Waals surface area contributed by atoms with E-state index < -0.39 is 5.91 Å². The molecule has 0 aliphatic carbocycles. The van der Waals surface area contributed by atoms with Crippen LogP contribution in [0.1, 0.15) is 10.4 Å². The van der Waals surface area contributed by atoms with Gasteiger partial charge in [0.1, 0.15) is 22.7 Å². The lowest BCUT2D eigenvalue weighted by molar-refractivity contribution is 0.102. The van der Waals surface area contributed by atoms with Crippen LogP contribution in [0.25, 0.3) is 0 Å². The van der Waals surface area contributed by atoms with Crippen LogP contribution >= 0.6 is 0 Å². The van der Waals surface area contributed by atoms with Gasteiger partial charge in [-0.05, 0) is 24.3 Å². The highest BCUT2D eigenvalue weighted by Gasteiger charge is 2.18. The van der Waals surface area contributed by atoms with Crippen molar-refractivity contribution in [2.45, 2.75) is 0 Å². The molecule has 1 amide bonds. The zero-order valence-corrected chi connectivity index (χ0v) is 11.1. The third-order valence-corrected chi connectivity index (χ3v) is 2.72. The van der Waals surface area contributed by atoms with Crippen LogP contribution in [0.15, 0.2) is 41.3 Å². The van der Waals surface area contributed by atoms with E-state index in [4.69, 9.17) is 9.47 Å². The van der Waals surface area contributed by atoms with Crippen LogP contribution < -0.4 is 20.3 Å². The third kappa shape index (κ3) is 2.64. The second-order valence-corrected chi connectivity index (χ2v) is 3.90. The quantitative estimate of drug-likeness (QED) is 0.888. The van der Waals surface area contributed by atoms with Crippen LogP contribution in [0, 0.1) is 0 Å². The summed E-state index contributed by atoms with van der Waals surface area (Å²) in [5.41, 5.74) is 0.0147. The second-order valence-electron chi connectivity index (χ2n) is 3.90. The Morgan fingerprint density at radius 2 is 1.75 bits per heavy atom. The number of aromatic amines is 1. The highest BCUT2D eigenvalue weighted by molar-refractivity contribution is 6.08. The van der Waals surface area contributed by atoms with E-state index in [0.717, 1.165) is 0 Å². The zero-order chi connectivity index (χ0) is 14.5. The van der Waals surface area contributed by atoms with Crippen LogP contribution in [0.5, 0.6) is 11.5 Å². The number of ether oxygens (including phenoxy) is 2. The summed E-state index contributed by atoms with van der Waals surface area (Å²) in [6.07, 6.45) is 1.49. The van der Waals surface area contributed by atoms with Crippen LogP contribution in [-0.2, 0) is 0 Å². The summed E-state index contributed by atoms with van der Waals surface area (Å²) in [5, 5.41) is 2.53. The van der Waals surface area contributed by atoms with Gasteiger partial charge in [0.05, 0.1) is 14.2 Å². The van der Waals surface area contributed by atoms with Crippen molar-refractivity contribution >= 4 is 11.6 Å². The lowest BCUT2D eigenvalue weighted by atomic mass is 10.1. The number of nitrogens with one attached hydrogen (secondary N) is 2. The Morgan fingerprint density at radius 1 is 1.10 bits per heavy atom. The van der Waals surface area contributed by atoms with Gasteiger partial charge in [-0.15, -0.1) is 0 Å². The summed E-state index contributed by atoms with van der Waals surface area (Å²) in [7, 11) is 2.92. The molecule has 0 saturated carbocycles. The molecule has 0 unspecified atom stereocenters. The van der Waals surface area contributed by atoms with Crippen LogP contribution in [-0.4, -0.2) is 25.1 Å². The average Bonchev–Trinajstić information content (AvgIpc) is 2.48. The van der Waals surface area contributed by atoms with E-state index in [1.165, 1.54) is 26.5 Å². The fraction of sp³-hybridized carbons (Fsp3) is 0.143. The molecular formula is C14H14N2O4. The van der Waals surface area contributed by atoms with Gasteiger partial charge in [0, 0.05) is 6.20 Å². The molecule has 6 heteroatoms. The summed E-state index contributed by atoms with van der Waals surface area (Å²) in [4.78, 5) is 26.3. The monoisotopic (exact) mass is 274 g/mol. The van der Waals surface area contributed by atoms with E-state index in [9.17, 15) is 9.59 Å². The number of methoxy groups -OCH3 is 2. The number of amides is 1. The molecule has 1 aromatic heterocycles. The predicted molar refractivity (Wildman–Crippen MR) is 74.6 cm³/mol. The molecule has 2 N–H and O–H groups in total. The number of hydrogen-bond acceptors (Lipinski definition) is 4. The van der Waals surface area contributed by atoms with Crippen LogP contribution in [0.4, 0.5) is 5.69 Å². The lowest BCUT2D eigenvalue weighted by Gasteiger charge is -2.12. The molecule has 0 atom stereocenters. The summed E-state index contributed by atoms with van der Waals surface area (Å²) >= 11 is 0. The summed E-state index contributed by atoms with van der Waals surface area (Å²) in [6, 6.07) is 8.14. The lowest BCUT2D eigenvalue weighted by Crippen LogP contribution is -2.20. The van der Waals surface area contributed by atoms with Gasteiger partial charge in [-0.1, -0.05) is 6.07 Å². The van der Waals surface area contributed by atoms with E-state index in [-0.39, 0.29) is 16.8 Å². The van der Waals surface area contributed by atoms with Crippen molar-refractivity contribution in [3.63, 3.8) is 0 Å². The van der Waals surface area contributed by atoms with Gasteiger partial charge >= 0.3 is 0 Å². The molecule has 0 aliphatic rings. The molecule has 0 aliphatic heterocycles. The van der Waals surface area contributed by atoms with E-state index in [0.29, 0.717) is 11.5 Å². The summed E-state index contributed by atoms with van der Waals surface area (Å²) < 4.78 is 10.3. The Hall–Kier alpha value is -2.76. The first kappa shape index (κ1) is 13.7. The first-order chi connectivity index (χ1) is 9.67. The fourth-order valence-electron chi connectivity index (χ4n) is 1.78. The van der Waals surface area contributed by atoms with Gasteiger partial charge in [-0.3, -0.25) is 9.59 Å². The summed E-state index contributed by atoms with van der Waals surface area (Å²) in [6.45, 7) is 0. The van der Waals surface area contributed by atoms with Gasteiger partial charge in [0.2, 0.25) is 0 Å². The largest absolute Gasteiger partial charge is 0.496 e. The minimum Gasteiger partial charge on any atom is -0.496 e. The molecule has 0 spiro atoms. The maximum absolute atomic E-state index is 12.3. The van der Waals surface area contributed by atoms with Crippen molar-refractivity contribution in [2.24, 2.45) is 0 Å². The number of H-pyrrole nitrogens is 1. The number of aromatic nitrogens is 1. The molecule has 1 aromatic carbocycles. The van der Waals surface area contributed by atoms with Crippen LogP contribution in [0.2, 0.25) is 0 Å². The number of pyridine rings is 1. The Labute approximate surface area is 115 Å². The number of hydrogen-bond donors (Lipinski definition) is 2. The number of benzene rings is 1. The van der Waals surface area contributed by atoms with Gasteiger partial charge in [0.15, 0.2) is 0 Å². The first-order valence-electron chi connectivity index (χ1n) is 5.87. The van der Waals surface area contributed by atoms with E-state index >= 15 is 0 Å². The standard InChI is InChI=1S/C14H14N2O4/c1-19-10-6-3-7-11(20-2)12(10)14(18)16-9-5-4-8-15-13(9)17/h3-8H,1-2H3,(H,15,17)(H,16,18). The van der Waals surface area contributed by atoms with Gasteiger partial charge in [0.25, 0.3) is 11.5 Å². The molecule has 0 radical (unpaired) electrons. The molecular weight excluding hydrogens is 260 g/mol. The minimum atomic E-state index is -0.476. The normalized spacial score (nSPS) is 9.90. The molecule has 2 aromatic rings. The maximum Gasteiger partial charge on any atom is 0.271 e. The molecule has 20 heavy (non-hydrogen) atoms. The first-order valence-corrected chi connectivity index (χ1v) is 5.87. The number of anilines is 1. The number of carbonyl (C=O) groups excluding carboxylic acids is 1. The number of carbonyl (C=O) groups is 1. The Kier molecular flexibility index (Phi) is 4.05. The van der Waals surface area contributed by atoms with Crippen molar-refractivity contribution in [1.29, 1.82) is 0 Å². The minimum absolute atomic E-state index is 0.158. The second kappa shape index (κ2) is 5.92. The number of rotatable bonds is 4. The molecule has 2 rings (SSSR count). The van der Waals surface area contributed by atoms with Gasteiger partial charge < -0.3 is 19.8 Å². The van der Waals surface area contributed by atoms with E-state index in [1.807, 2.05) is 0 Å². The average molecular weight is 274 g/mol. The molecule has 0 saturated heterocycles. The Morgan fingerprint density at radius 3 is 2.30 bits per heavy atom. The van der Waals surface area contributed by atoms with Crippen molar-refractivity contribution in [3.8, 4) is 11.5 Å². The Bertz CT molecular complexity index is 657. The molecule has 104 valence electrons. The molecule has 6 nitrogen and oxygen atoms in total. The third-order valence-electron chi connectivity index (χ3n) is 2.72. The highest BCUT2D eigenvalue weighted by atomic mass is 16.5. The van der Waals surface area contributed by atoms with Crippen molar-refractivity contribution < 1.29 is 14.3 Å². The van der Waals surface area contributed by atoms with Gasteiger partial charge in [-0.25, -0.2) is 0 Å². The smallest absolute Gasteiger partial charge is 0.271 e. The molecule has 0 bridgehead atoms. The topological polar surface area (TPSA) is 80.4 Å². The summed E-state index contributed by atoms with van der Waals surface area (Å²) in [5.74, 6) is 0.263. The van der Waals surface area contributed by atoms with E-state index in [2.05, 4.69) is 10.3 Å². The fourth-order valence-corrected chi connectivity index (χ4v) is 1.78. The van der Waals surface area contributed by atoms with Gasteiger partial charge in [-0.2, -0.15) is 0 Å². The SMILES string of the molecule is COc1cccc(OC)c1C(=O)Nc1ccc[nH]c1=O. The maximum atomic E-state index is 12.3. The molecule has 0 fully saturated rings.